The molecular formula is C13H28N2. The number of nitrogens with zero attached hydrogens (tertiary/aromatic N) is 1. The van der Waals surface area contributed by atoms with Gasteiger partial charge in [-0.3, -0.25) is 0 Å². The molecule has 2 heteroatoms. The standard InChI is InChI=1S/C13H28N2/c1-4-13(3)14-8-6-10-15-9-5-7-12(2)11-15/h12-14H,4-11H2,1-3H3. The van der Waals surface area contributed by atoms with E-state index in [0.717, 1.165) is 5.92 Å². The van der Waals surface area contributed by atoms with Crippen LogP contribution in [0.1, 0.15) is 46.5 Å². The molecule has 1 fully saturated rings. The highest BCUT2D eigenvalue weighted by atomic mass is 15.1. The Morgan fingerprint density at radius 2 is 2.27 bits per heavy atom. The molecule has 1 rings (SSSR count). The molecule has 2 unspecified atom stereocenters. The Bertz CT molecular complexity index is 159. The molecule has 1 aliphatic rings. The van der Waals surface area contributed by atoms with E-state index in [0.29, 0.717) is 6.04 Å². The second-order valence-electron chi connectivity index (χ2n) is 5.16. The summed E-state index contributed by atoms with van der Waals surface area (Å²) in [4.78, 5) is 2.63. The number of hydrogen-bond acceptors (Lipinski definition) is 2. The van der Waals surface area contributed by atoms with Gasteiger partial charge in [-0.1, -0.05) is 13.8 Å². The molecule has 0 aliphatic carbocycles. The van der Waals surface area contributed by atoms with E-state index in [9.17, 15) is 0 Å². The molecule has 0 bridgehead atoms. The first kappa shape index (κ1) is 13.0. The third-order valence-electron chi connectivity index (χ3n) is 3.50. The minimum atomic E-state index is 0.685. The summed E-state index contributed by atoms with van der Waals surface area (Å²) in [5.74, 6) is 0.918. The molecule has 15 heavy (non-hydrogen) atoms. The second-order valence-corrected chi connectivity index (χ2v) is 5.16. The van der Waals surface area contributed by atoms with Crippen molar-refractivity contribution >= 4 is 0 Å². The van der Waals surface area contributed by atoms with Gasteiger partial charge in [0.05, 0.1) is 0 Å². The Labute approximate surface area is 95.4 Å². The lowest BCUT2D eigenvalue weighted by Gasteiger charge is -2.30. The molecule has 0 aromatic heterocycles. The monoisotopic (exact) mass is 212 g/mol. The first-order valence-corrected chi connectivity index (χ1v) is 6.68. The molecule has 90 valence electrons. The predicted octanol–water partition coefficient (Wildman–Crippen LogP) is 2.50. The molecule has 0 amide bonds. The van der Waals surface area contributed by atoms with Gasteiger partial charge in [0.1, 0.15) is 0 Å². The van der Waals surface area contributed by atoms with Crippen molar-refractivity contribution in [3.63, 3.8) is 0 Å². The average molecular weight is 212 g/mol. The predicted molar refractivity (Wildman–Crippen MR) is 67.2 cm³/mol. The molecule has 0 spiro atoms. The maximum absolute atomic E-state index is 3.56. The molecule has 1 aliphatic heterocycles. The fraction of sp³-hybridized carbons (Fsp3) is 1.00. The summed E-state index contributed by atoms with van der Waals surface area (Å²) in [6, 6.07) is 0.685. The van der Waals surface area contributed by atoms with Crippen LogP contribution in [0.2, 0.25) is 0 Å². The fourth-order valence-corrected chi connectivity index (χ4v) is 2.29. The molecule has 1 N–H and O–H groups in total. The zero-order valence-electron chi connectivity index (χ0n) is 10.8. The summed E-state index contributed by atoms with van der Waals surface area (Å²) in [5, 5.41) is 3.56. The topological polar surface area (TPSA) is 15.3 Å². The van der Waals surface area contributed by atoms with Crippen LogP contribution < -0.4 is 5.32 Å². The van der Waals surface area contributed by atoms with Crippen LogP contribution in [-0.2, 0) is 0 Å². The Morgan fingerprint density at radius 3 is 2.93 bits per heavy atom. The van der Waals surface area contributed by atoms with Gasteiger partial charge < -0.3 is 10.2 Å². The summed E-state index contributed by atoms with van der Waals surface area (Å²) in [6.07, 6.45) is 5.37. The van der Waals surface area contributed by atoms with Gasteiger partial charge >= 0.3 is 0 Å². The van der Waals surface area contributed by atoms with Crippen molar-refractivity contribution in [2.45, 2.75) is 52.5 Å². The highest BCUT2D eigenvalue weighted by Gasteiger charge is 2.15. The Balaban J connectivity index is 1.99. The lowest BCUT2D eigenvalue weighted by atomic mass is 10.0. The highest BCUT2D eigenvalue weighted by molar-refractivity contribution is 4.70. The first-order chi connectivity index (χ1) is 7.22. The number of piperidine rings is 1. The first-order valence-electron chi connectivity index (χ1n) is 6.68. The molecule has 0 saturated carbocycles. The van der Waals surface area contributed by atoms with E-state index in [1.165, 1.54) is 51.9 Å². The molecule has 2 atom stereocenters. The maximum Gasteiger partial charge on any atom is 0.00361 e. The third kappa shape index (κ3) is 5.53. The third-order valence-corrected chi connectivity index (χ3v) is 3.50. The van der Waals surface area contributed by atoms with Crippen LogP contribution >= 0.6 is 0 Å². The van der Waals surface area contributed by atoms with E-state index in [-0.39, 0.29) is 0 Å². The summed E-state index contributed by atoms with van der Waals surface area (Å²) >= 11 is 0. The summed E-state index contributed by atoms with van der Waals surface area (Å²) in [5.41, 5.74) is 0. The van der Waals surface area contributed by atoms with Gasteiger partial charge in [-0.15, -0.1) is 0 Å². The number of nitrogens with one attached hydrogen (secondary N) is 1. The minimum absolute atomic E-state index is 0.685. The molecule has 0 radical (unpaired) electrons. The Hall–Kier alpha value is -0.0800. The summed E-state index contributed by atoms with van der Waals surface area (Å²) < 4.78 is 0. The maximum atomic E-state index is 3.56. The second kappa shape index (κ2) is 7.24. The summed E-state index contributed by atoms with van der Waals surface area (Å²) in [6.45, 7) is 12.0. The molecular weight excluding hydrogens is 184 g/mol. The normalized spacial score (nSPS) is 25.4. The molecule has 0 aromatic carbocycles. The zero-order chi connectivity index (χ0) is 11.1. The van der Waals surface area contributed by atoms with Crippen molar-refractivity contribution in [2.24, 2.45) is 5.92 Å². The average Bonchev–Trinajstić information content (AvgIpc) is 2.24. The van der Waals surface area contributed by atoms with Crippen LogP contribution in [-0.4, -0.2) is 37.1 Å². The van der Waals surface area contributed by atoms with E-state index in [1.807, 2.05) is 0 Å². The van der Waals surface area contributed by atoms with Crippen LogP contribution in [0.15, 0.2) is 0 Å². The number of hydrogen-bond donors (Lipinski definition) is 1. The van der Waals surface area contributed by atoms with Crippen LogP contribution in [0.3, 0.4) is 0 Å². The van der Waals surface area contributed by atoms with Gasteiger partial charge in [0.15, 0.2) is 0 Å². The van der Waals surface area contributed by atoms with E-state index >= 15 is 0 Å². The van der Waals surface area contributed by atoms with Gasteiger partial charge in [-0.05, 0) is 58.2 Å². The van der Waals surface area contributed by atoms with Crippen molar-refractivity contribution in [3.8, 4) is 0 Å². The SMILES string of the molecule is CCC(C)NCCCN1CCCC(C)C1. The Kier molecular flexibility index (Phi) is 6.26. The van der Waals surface area contributed by atoms with E-state index in [2.05, 4.69) is 31.0 Å². The largest absolute Gasteiger partial charge is 0.314 e. The summed E-state index contributed by atoms with van der Waals surface area (Å²) in [7, 11) is 0. The van der Waals surface area contributed by atoms with E-state index in [1.54, 1.807) is 0 Å². The number of rotatable bonds is 6. The van der Waals surface area contributed by atoms with Crippen molar-refractivity contribution in [1.29, 1.82) is 0 Å². The quantitative estimate of drug-likeness (QED) is 0.681. The van der Waals surface area contributed by atoms with Gasteiger partial charge in [0, 0.05) is 12.6 Å². The minimum Gasteiger partial charge on any atom is -0.314 e. The van der Waals surface area contributed by atoms with Crippen LogP contribution in [0.4, 0.5) is 0 Å². The van der Waals surface area contributed by atoms with Gasteiger partial charge in [-0.2, -0.15) is 0 Å². The van der Waals surface area contributed by atoms with Gasteiger partial charge in [0.2, 0.25) is 0 Å². The highest BCUT2D eigenvalue weighted by Crippen LogP contribution is 2.15. The molecule has 2 nitrogen and oxygen atoms in total. The van der Waals surface area contributed by atoms with Crippen LogP contribution in [0.25, 0.3) is 0 Å². The molecule has 1 saturated heterocycles. The van der Waals surface area contributed by atoms with Gasteiger partial charge in [0.25, 0.3) is 0 Å². The van der Waals surface area contributed by atoms with Crippen molar-refractivity contribution in [3.05, 3.63) is 0 Å². The van der Waals surface area contributed by atoms with Crippen molar-refractivity contribution in [2.75, 3.05) is 26.2 Å². The molecule has 0 aromatic rings. The number of likely N-dealkylation sites (tertiary alicyclic amines) is 1. The lowest BCUT2D eigenvalue weighted by Crippen LogP contribution is -2.36. The van der Waals surface area contributed by atoms with E-state index < -0.39 is 0 Å². The molecule has 1 heterocycles. The van der Waals surface area contributed by atoms with Gasteiger partial charge in [-0.25, -0.2) is 0 Å². The zero-order valence-corrected chi connectivity index (χ0v) is 10.8. The fourth-order valence-electron chi connectivity index (χ4n) is 2.29. The van der Waals surface area contributed by atoms with Crippen molar-refractivity contribution < 1.29 is 0 Å². The van der Waals surface area contributed by atoms with Crippen molar-refractivity contribution in [1.82, 2.24) is 10.2 Å². The van der Waals surface area contributed by atoms with Crippen LogP contribution in [0, 0.1) is 5.92 Å². The Morgan fingerprint density at radius 1 is 1.47 bits per heavy atom. The van der Waals surface area contributed by atoms with Crippen LogP contribution in [0.5, 0.6) is 0 Å². The van der Waals surface area contributed by atoms with E-state index in [4.69, 9.17) is 0 Å². The lowest BCUT2D eigenvalue weighted by molar-refractivity contribution is 0.181. The smallest absolute Gasteiger partial charge is 0.00361 e.